The van der Waals surface area contributed by atoms with Crippen molar-refractivity contribution in [2.45, 2.75) is 20.1 Å². The lowest BCUT2D eigenvalue weighted by Gasteiger charge is -2.07. The lowest BCUT2D eigenvalue weighted by atomic mass is 10.1. The topological polar surface area (TPSA) is 43.3 Å². The highest BCUT2D eigenvalue weighted by molar-refractivity contribution is 5.81. The number of ether oxygens (including phenoxy) is 1. The van der Waals surface area contributed by atoms with Crippen LogP contribution >= 0.6 is 0 Å². The van der Waals surface area contributed by atoms with E-state index in [9.17, 15) is 9.18 Å². The Morgan fingerprint density at radius 3 is 2.41 bits per heavy atom. The Kier molecular flexibility index (Phi) is 6.44. The first kappa shape index (κ1) is 20.7. The van der Waals surface area contributed by atoms with Gasteiger partial charge in [-0.25, -0.2) is 13.8 Å². The van der Waals surface area contributed by atoms with Crippen LogP contribution in [0, 0.1) is 12.7 Å². The first-order valence-corrected chi connectivity index (χ1v) is 8.96. The summed E-state index contributed by atoms with van der Waals surface area (Å²) in [5.74, 6) is 0.411. The molecule has 4 nitrogen and oxygen atoms in total. The largest absolute Gasteiger partial charge is 1.00 e. The quantitative estimate of drug-likeness (QED) is 0.335. The van der Waals surface area contributed by atoms with Crippen LogP contribution in [0.4, 0.5) is 4.39 Å². The van der Waals surface area contributed by atoms with Crippen molar-refractivity contribution in [1.82, 2.24) is 0 Å². The van der Waals surface area contributed by atoms with E-state index < -0.39 is 0 Å². The minimum absolute atomic E-state index is 0. The Morgan fingerprint density at radius 2 is 1.69 bits per heavy atom. The number of rotatable bonds is 5. The Bertz CT molecular complexity index is 1170. The van der Waals surface area contributed by atoms with Crippen LogP contribution in [0.15, 0.2) is 82.3 Å². The summed E-state index contributed by atoms with van der Waals surface area (Å²) in [5.41, 5.74) is 3.08. The molecule has 6 heteroatoms. The minimum Gasteiger partial charge on any atom is -1.00 e. The smallest absolute Gasteiger partial charge is 0.336 e. The van der Waals surface area contributed by atoms with E-state index in [1.807, 2.05) is 48.1 Å². The highest BCUT2D eigenvalue weighted by atomic mass is 79.9. The van der Waals surface area contributed by atoms with Gasteiger partial charge in [-0.05, 0) is 48.9 Å². The van der Waals surface area contributed by atoms with Crippen molar-refractivity contribution < 1.29 is 35.1 Å². The molecule has 0 bridgehead atoms. The van der Waals surface area contributed by atoms with Crippen molar-refractivity contribution in [1.29, 1.82) is 0 Å². The average Bonchev–Trinajstić information content (AvgIpc) is 2.69. The minimum atomic E-state index is -0.365. The van der Waals surface area contributed by atoms with Crippen LogP contribution in [0.2, 0.25) is 0 Å². The van der Waals surface area contributed by atoms with Crippen molar-refractivity contribution in [2.75, 3.05) is 0 Å². The van der Waals surface area contributed by atoms with Gasteiger partial charge in [0.2, 0.25) is 0 Å². The lowest BCUT2D eigenvalue weighted by Crippen LogP contribution is -3.00. The van der Waals surface area contributed by atoms with Gasteiger partial charge in [0.15, 0.2) is 18.9 Å². The van der Waals surface area contributed by atoms with Gasteiger partial charge in [-0.3, -0.25) is 0 Å². The second kappa shape index (κ2) is 9.01. The van der Waals surface area contributed by atoms with E-state index in [-0.39, 0.29) is 28.4 Å². The van der Waals surface area contributed by atoms with E-state index in [0.717, 1.165) is 22.1 Å². The maximum Gasteiger partial charge on any atom is 0.336 e. The number of hydrogen-bond acceptors (Lipinski definition) is 3. The van der Waals surface area contributed by atoms with Crippen LogP contribution in [0.25, 0.3) is 11.0 Å². The van der Waals surface area contributed by atoms with E-state index >= 15 is 0 Å². The molecule has 0 atom stereocenters. The summed E-state index contributed by atoms with van der Waals surface area (Å²) in [6.07, 6.45) is 3.93. The molecule has 4 rings (SSSR count). The third-order valence-corrected chi connectivity index (χ3v) is 4.57. The molecule has 0 fully saturated rings. The number of hydrogen-bond donors (Lipinski definition) is 0. The van der Waals surface area contributed by atoms with Gasteiger partial charge in [0.05, 0.1) is 0 Å². The molecular weight excluding hydrogens is 437 g/mol. The molecule has 0 N–H and O–H groups in total. The van der Waals surface area contributed by atoms with E-state index in [2.05, 4.69) is 0 Å². The normalized spacial score (nSPS) is 10.6. The van der Waals surface area contributed by atoms with Gasteiger partial charge in [0.1, 0.15) is 23.8 Å². The van der Waals surface area contributed by atoms with Crippen LogP contribution in [0.5, 0.6) is 5.75 Å². The van der Waals surface area contributed by atoms with Crippen LogP contribution in [-0.4, -0.2) is 0 Å². The van der Waals surface area contributed by atoms with Crippen LogP contribution in [0.1, 0.15) is 16.7 Å². The van der Waals surface area contributed by atoms with Crippen molar-refractivity contribution in [3.8, 4) is 5.75 Å². The lowest BCUT2D eigenvalue weighted by molar-refractivity contribution is -0.688. The van der Waals surface area contributed by atoms with Gasteiger partial charge in [0.25, 0.3) is 0 Å². The zero-order chi connectivity index (χ0) is 19.5. The molecular formula is C23H19BrFNO3. The molecule has 2 aromatic heterocycles. The zero-order valence-electron chi connectivity index (χ0n) is 15.8. The second-order valence-electron chi connectivity index (χ2n) is 6.70. The number of fused-ring (bicyclic) bond motifs is 1. The summed E-state index contributed by atoms with van der Waals surface area (Å²) >= 11 is 0. The molecule has 0 amide bonds. The number of pyridine rings is 1. The zero-order valence-corrected chi connectivity index (χ0v) is 17.4. The molecule has 0 saturated carbocycles. The van der Waals surface area contributed by atoms with Gasteiger partial charge in [-0.2, -0.15) is 0 Å². The van der Waals surface area contributed by atoms with Gasteiger partial charge < -0.3 is 26.1 Å². The number of aryl methyl sites for hydroxylation is 1. The third kappa shape index (κ3) is 5.09. The predicted octanol–water partition coefficient (Wildman–Crippen LogP) is 1.16. The Morgan fingerprint density at radius 1 is 0.966 bits per heavy atom. The standard InChI is InChI=1S/C23H19FNO3.BrH/c1-16-12-23(26)28-22-13-20(6-7-21(16)22)27-15-18-8-10-25(11-9-18)14-17-2-4-19(24)5-3-17;/h2-13H,14-15H2,1H3;1H/q+1;/p-1. The SMILES string of the molecule is Cc1cc(=O)oc2cc(OCc3cc[n+](Cc4ccc(F)cc4)cc3)ccc12.[Br-]. The van der Waals surface area contributed by atoms with E-state index in [1.165, 1.54) is 18.2 Å². The maximum absolute atomic E-state index is 13.0. The molecule has 0 spiro atoms. The molecule has 0 unspecified atom stereocenters. The molecule has 0 aliphatic rings. The summed E-state index contributed by atoms with van der Waals surface area (Å²) in [7, 11) is 0. The van der Waals surface area contributed by atoms with Gasteiger partial charge >= 0.3 is 5.63 Å². The Hall–Kier alpha value is -2.99. The molecule has 148 valence electrons. The highest BCUT2D eigenvalue weighted by Gasteiger charge is 2.06. The molecule has 4 aromatic rings. The van der Waals surface area contributed by atoms with Crippen molar-refractivity contribution >= 4 is 11.0 Å². The van der Waals surface area contributed by atoms with Gasteiger partial charge in [-0.1, -0.05) is 0 Å². The van der Waals surface area contributed by atoms with E-state index in [4.69, 9.17) is 9.15 Å². The Balaban J connectivity index is 0.00000240. The number of halogens is 2. The number of aromatic nitrogens is 1. The summed E-state index contributed by atoms with van der Waals surface area (Å²) in [4.78, 5) is 11.5. The Labute approximate surface area is 178 Å². The molecule has 0 aliphatic carbocycles. The van der Waals surface area contributed by atoms with E-state index in [0.29, 0.717) is 24.5 Å². The van der Waals surface area contributed by atoms with Crippen LogP contribution in [-0.2, 0) is 13.2 Å². The van der Waals surface area contributed by atoms with Gasteiger partial charge in [0, 0.05) is 40.8 Å². The average molecular weight is 456 g/mol. The predicted molar refractivity (Wildman–Crippen MR) is 104 cm³/mol. The molecule has 29 heavy (non-hydrogen) atoms. The molecule has 2 heterocycles. The molecule has 0 saturated heterocycles. The van der Waals surface area contributed by atoms with Crippen molar-refractivity contribution in [3.05, 3.63) is 106 Å². The van der Waals surface area contributed by atoms with Crippen molar-refractivity contribution in [3.63, 3.8) is 0 Å². The van der Waals surface area contributed by atoms with Crippen LogP contribution < -0.4 is 31.9 Å². The van der Waals surface area contributed by atoms with E-state index in [1.54, 1.807) is 18.2 Å². The number of benzene rings is 2. The van der Waals surface area contributed by atoms with Gasteiger partial charge in [-0.15, -0.1) is 0 Å². The molecule has 0 radical (unpaired) electrons. The monoisotopic (exact) mass is 455 g/mol. The highest BCUT2D eigenvalue weighted by Crippen LogP contribution is 2.22. The fraction of sp³-hybridized carbons (Fsp3) is 0.130. The molecule has 2 aromatic carbocycles. The molecule has 0 aliphatic heterocycles. The number of nitrogens with zero attached hydrogens (tertiary/aromatic N) is 1. The summed E-state index contributed by atoms with van der Waals surface area (Å²) in [6, 6.07) is 17.4. The van der Waals surface area contributed by atoms with Crippen molar-refractivity contribution in [2.24, 2.45) is 0 Å². The summed E-state index contributed by atoms with van der Waals surface area (Å²) in [5, 5.41) is 0.897. The van der Waals surface area contributed by atoms with Crippen LogP contribution in [0.3, 0.4) is 0 Å². The second-order valence-corrected chi connectivity index (χ2v) is 6.70. The third-order valence-electron chi connectivity index (χ3n) is 4.57. The maximum atomic E-state index is 13.0. The first-order valence-electron chi connectivity index (χ1n) is 8.96. The summed E-state index contributed by atoms with van der Waals surface area (Å²) < 4.78 is 26.1. The fourth-order valence-corrected chi connectivity index (χ4v) is 3.05. The fourth-order valence-electron chi connectivity index (χ4n) is 3.05. The summed E-state index contributed by atoms with van der Waals surface area (Å²) in [6.45, 7) is 2.95. The first-order chi connectivity index (χ1) is 13.6.